The number of allylic oxidation sites excluding steroid dienone is 7. The molecular weight excluding hydrogens is 899 g/mol. The van der Waals surface area contributed by atoms with Crippen LogP contribution in [0.25, 0.3) is 0 Å². The summed E-state index contributed by atoms with van der Waals surface area (Å²) >= 11 is 0. The number of aliphatic hydroxyl groups is 2. The van der Waals surface area contributed by atoms with Gasteiger partial charge in [0.25, 0.3) is 0 Å². The summed E-state index contributed by atoms with van der Waals surface area (Å²) in [6.07, 6.45) is 80.2. The molecule has 6 nitrogen and oxygen atoms in total. The number of rotatable bonds is 60. The van der Waals surface area contributed by atoms with E-state index < -0.39 is 12.1 Å². The smallest absolute Gasteiger partial charge is 0.305 e. The van der Waals surface area contributed by atoms with E-state index in [4.69, 9.17) is 4.74 Å². The molecule has 6 heteroatoms. The zero-order chi connectivity index (χ0) is 52.9. The Morgan fingerprint density at radius 3 is 1.05 bits per heavy atom. The standard InChI is InChI=1S/C67H125NO5/c1-3-5-7-9-11-13-15-17-19-21-22-23-24-25-26-27-28-29-31-35-39-43-47-51-55-59-65(70)64(63-69)68-66(71)60-56-52-48-44-40-36-32-30-34-38-42-46-50-54-58-62-73-67(72)61-57-53-49-45-41-37-33-20-18-16-14-12-10-8-6-4-2/h20,30,33-34,38,42,55,59,64-65,69-70H,3-19,21-29,31-32,35-37,39-41,43-54,56-58,60-63H2,1-2H3,(H,68,71)/b33-20-,34-30-,42-38-,59-55+. The molecule has 2 atom stereocenters. The Labute approximate surface area is 455 Å². The summed E-state index contributed by atoms with van der Waals surface area (Å²) < 4.78 is 5.45. The second kappa shape index (κ2) is 62.4. The Bertz CT molecular complexity index is 1230. The van der Waals surface area contributed by atoms with Gasteiger partial charge in [-0.2, -0.15) is 0 Å². The lowest BCUT2D eigenvalue weighted by Gasteiger charge is -2.20. The molecule has 0 spiro atoms. The van der Waals surface area contributed by atoms with Gasteiger partial charge >= 0.3 is 5.97 Å². The van der Waals surface area contributed by atoms with Gasteiger partial charge in [-0.1, -0.05) is 287 Å². The fourth-order valence-electron chi connectivity index (χ4n) is 9.86. The molecule has 0 aliphatic heterocycles. The molecule has 0 saturated carbocycles. The van der Waals surface area contributed by atoms with Crippen LogP contribution >= 0.6 is 0 Å². The first-order valence-corrected chi connectivity index (χ1v) is 32.4. The molecule has 0 saturated heterocycles. The zero-order valence-corrected chi connectivity index (χ0v) is 48.9. The summed E-state index contributed by atoms with van der Waals surface area (Å²) in [5, 5.41) is 23.2. The first kappa shape index (κ1) is 70.8. The van der Waals surface area contributed by atoms with Crippen molar-refractivity contribution < 1.29 is 24.5 Å². The minimum Gasteiger partial charge on any atom is -0.466 e. The normalized spacial score (nSPS) is 12.9. The van der Waals surface area contributed by atoms with Gasteiger partial charge in [0.1, 0.15) is 0 Å². The second-order valence-corrected chi connectivity index (χ2v) is 22.1. The average molecular weight is 1020 g/mol. The van der Waals surface area contributed by atoms with Gasteiger partial charge in [-0.15, -0.1) is 0 Å². The summed E-state index contributed by atoms with van der Waals surface area (Å²) in [7, 11) is 0. The van der Waals surface area contributed by atoms with Crippen LogP contribution in [-0.2, 0) is 14.3 Å². The number of carbonyl (C=O) groups excluding carboxylic acids is 2. The molecular formula is C67H125NO5. The van der Waals surface area contributed by atoms with E-state index >= 15 is 0 Å². The number of amides is 1. The monoisotopic (exact) mass is 1020 g/mol. The summed E-state index contributed by atoms with van der Waals surface area (Å²) in [5.41, 5.74) is 0. The largest absolute Gasteiger partial charge is 0.466 e. The fourth-order valence-corrected chi connectivity index (χ4v) is 9.86. The molecule has 428 valence electrons. The average Bonchev–Trinajstić information content (AvgIpc) is 3.39. The van der Waals surface area contributed by atoms with Crippen LogP contribution in [0.1, 0.15) is 341 Å². The summed E-state index contributed by atoms with van der Waals surface area (Å²) in [6.45, 7) is 4.86. The molecule has 0 aromatic carbocycles. The maximum absolute atomic E-state index is 12.5. The molecule has 0 heterocycles. The molecule has 0 radical (unpaired) electrons. The molecule has 73 heavy (non-hydrogen) atoms. The van der Waals surface area contributed by atoms with Gasteiger partial charge in [-0.05, 0) is 89.9 Å². The highest BCUT2D eigenvalue weighted by Gasteiger charge is 2.18. The number of hydrogen-bond donors (Lipinski definition) is 3. The van der Waals surface area contributed by atoms with Crippen LogP contribution in [0.5, 0.6) is 0 Å². The lowest BCUT2D eigenvalue weighted by atomic mass is 10.0. The molecule has 0 aliphatic rings. The van der Waals surface area contributed by atoms with Crippen molar-refractivity contribution in [1.29, 1.82) is 0 Å². The molecule has 0 aromatic rings. The number of nitrogens with one attached hydrogen (secondary N) is 1. The Morgan fingerprint density at radius 2 is 0.685 bits per heavy atom. The molecule has 0 rings (SSSR count). The first-order valence-electron chi connectivity index (χ1n) is 32.4. The van der Waals surface area contributed by atoms with Crippen molar-refractivity contribution in [1.82, 2.24) is 5.32 Å². The predicted molar refractivity (Wildman–Crippen MR) is 319 cm³/mol. The minimum atomic E-state index is -0.862. The third-order valence-corrected chi connectivity index (χ3v) is 14.8. The minimum absolute atomic E-state index is 0.0299. The highest BCUT2D eigenvalue weighted by Crippen LogP contribution is 2.17. The second-order valence-electron chi connectivity index (χ2n) is 22.1. The zero-order valence-electron chi connectivity index (χ0n) is 48.9. The first-order chi connectivity index (χ1) is 36.0. The van der Waals surface area contributed by atoms with Crippen molar-refractivity contribution >= 4 is 11.9 Å². The van der Waals surface area contributed by atoms with E-state index in [-0.39, 0.29) is 18.5 Å². The van der Waals surface area contributed by atoms with Gasteiger partial charge < -0.3 is 20.3 Å². The molecule has 0 bridgehead atoms. The van der Waals surface area contributed by atoms with E-state index in [1.807, 2.05) is 6.08 Å². The number of carbonyl (C=O) groups is 2. The lowest BCUT2D eigenvalue weighted by molar-refractivity contribution is -0.143. The lowest BCUT2D eigenvalue weighted by Crippen LogP contribution is -2.45. The van der Waals surface area contributed by atoms with E-state index in [0.29, 0.717) is 19.4 Å². The SMILES string of the molecule is CCCCCCCCC/C=C\CCCCCCCC(=O)OCCCCC/C=C\C=C/CCCCCCCCC(=O)NC(CO)C(O)/C=C/CCCCCCCCCCCCCCCCCCCCCCCCC. The van der Waals surface area contributed by atoms with Crippen LogP contribution in [0.3, 0.4) is 0 Å². The number of unbranched alkanes of at least 4 members (excludes halogenated alkanes) is 44. The molecule has 2 unspecified atom stereocenters. The van der Waals surface area contributed by atoms with Crippen LogP contribution in [0, 0.1) is 0 Å². The third-order valence-electron chi connectivity index (χ3n) is 14.8. The van der Waals surface area contributed by atoms with Crippen molar-refractivity contribution in [2.75, 3.05) is 13.2 Å². The van der Waals surface area contributed by atoms with Crippen molar-refractivity contribution in [2.45, 2.75) is 353 Å². The van der Waals surface area contributed by atoms with Crippen LogP contribution in [0.4, 0.5) is 0 Å². The fraction of sp³-hybridized carbons (Fsp3) is 0.851. The van der Waals surface area contributed by atoms with Crippen LogP contribution in [0.2, 0.25) is 0 Å². The summed E-state index contributed by atoms with van der Waals surface area (Å²) in [6, 6.07) is -0.647. The number of hydrogen-bond acceptors (Lipinski definition) is 5. The van der Waals surface area contributed by atoms with Crippen molar-refractivity contribution in [2.24, 2.45) is 0 Å². The Kier molecular flexibility index (Phi) is 60.5. The summed E-state index contributed by atoms with van der Waals surface area (Å²) in [5.74, 6) is -0.118. The van der Waals surface area contributed by atoms with Gasteiger partial charge in [0.15, 0.2) is 0 Å². The summed E-state index contributed by atoms with van der Waals surface area (Å²) in [4.78, 5) is 24.6. The molecule has 1 amide bonds. The topological polar surface area (TPSA) is 95.9 Å². The van der Waals surface area contributed by atoms with Gasteiger partial charge in [-0.25, -0.2) is 0 Å². The van der Waals surface area contributed by atoms with Gasteiger partial charge in [0.2, 0.25) is 5.91 Å². The number of esters is 1. The maximum atomic E-state index is 12.5. The van der Waals surface area contributed by atoms with Gasteiger partial charge in [-0.3, -0.25) is 9.59 Å². The Hall–Kier alpha value is -2.18. The van der Waals surface area contributed by atoms with Gasteiger partial charge in [0.05, 0.1) is 25.4 Å². The molecule has 3 N–H and O–H groups in total. The highest BCUT2D eigenvalue weighted by atomic mass is 16.5. The highest BCUT2D eigenvalue weighted by molar-refractivity contribution is 5.76. The molecule has 0 aromatic heterocycles. The van der Waals surface area contributed by atoms with E-state index in [1.165, 1.54) is 238 Å². The van der Waals surface area contributed by atoms with Crippen LogP contribution in [0.15, 0.2) is 48.6 Å². The van der Waals surface area contributed by atoms with Crippen LogP contribution in [-0.4, -0.2) is 47.4 Å². The predicted octanol–water partition coefficient (Wildman–Crippen LogP) is 20.5. The third kappa shape index (κ3) is 58.9. The van der Waals surface area contributed by atoms with Gasteiger partial charge in [0, 0.05) is 12.8 Å². The molecule has 0 aliphatic carbocycles. The Balaban J connectivity index is 3.53. The van der Waals surface area contributed by atoms with Crippen molar-refractivity contribution in [3.63, 3.8) is 0 Å². The number of aliphatic hydroxyl groups excluding tert-OH is 2. The van der Waals surface area contributed by atoms with Crippen molar-refractivity contribution in [3.05, 3.63) is 48.6 Å². The molecule has 0 fully saturated rings. The van der Waals surface area contributed by atoms with E-state index in [1.54, 1.807) is 6.08 Å². The van der Waals surface area contributed by atoms with E-state index in [2.05, 4.69) is 55.6 Å². The van der Waals surface area contributed by atoms with E-state index in [0.717, 1.165) is 77.0 Å². The number of ether oxygens (including phenoxy) is 1. The Morgan fingerprint density at radius 1 is 0.384 bits per heavy atom. The van der Waals surface area contributed by atoms with Crippen LogP contribution < -0.4 is 5.32 Å². The maximum Gasteiger partial charge on any atom is 0.305 e. The quantitative estimate of drug-likeness (QED) is 0.0244. The van der Waals surface area contributed by atoms with Crippen molar-refractivity contribution in [3.8, 4) is 0 Å². The van der Waals surface area contributed by atoms with E-state index in [9.17, 15) is 19.8 Å².